The molecule has 4 amide bonds. The number of urea groups is 1. The summed E-state index contributed by atoms with van der Waals surface area (Å²) in [6, 6.07) is 11.7. The lowest BCUT2D eigenvalue weighted by atomic mass is 10.0. The van der Waals surface area contributed by atoms with Gasteiger partial charge in [0.15, 0.2) is 0 Å². The van der Waals surface area contributed by atoms with Gasteiger partial charge in [0.1, 0.15) is 11.8 Å². The summed E-state index contributed by atoms with van der Waals surface area (Å²) in [7, 11) is 1.50. The second-order valence-corrected chi connectivity index (χ2v) is 10.4. The molecule has 11 nitrogen and oxygen atoms in total. The lowest BCUT2D eigenvalue weighted by Crippen LogP contribution is -2.56. The van der Waals surface area contributed by atoms with Crippen LogP contribution in [0.3, 0.4) is 0 Å². The highest BCUT2D eigenvalue weighted by Gasteiger charge is 2.41. The number of carboxylic acid groups (broad SMARTS) is 1. The number of para-hydroxylation sites is 1. The van der Waals surface area contributed by atoms with E-state index in [1.165, 1.54) is 7.11 Å². The van der Waals surface area contributed by atoms with Crippen molar-refractivity contribution in [1.29, 1.82) is 0 Å². The minimum Gasteiger partial charge on any atom is -0.495 e. The molecule has 0 bridgehead atoms. The van der Waals surface area contributed by atoms with Crippen molar-refractivity contribution in [2.45, 2.75) is 32.7 Å². The number of ether oxygens (including phenoxy) is 1. The summed E-state index contributed by atoms with van der Waals surface area (Å²) in [5, 5.41) is 14.6. The number of carbonyl (C=O) groups is 4. The second-order valence-electron chi connectivity index (χ2n) is 10.4. The molecule has 0 aliphatic carbocycles. The maximum Gasteiger partial charge on any atom is 0.323 e. The number of nitrogens with zero attached hydrogens (tertiary/aromatic N) is 3. The van der Waals surface area contributed by atoms with Crippen molar-refractivity contribution in [1.82, 2.24) is 14.7 Å². The van der Waals surface area contributed by atoms with Crippen LogP contribution >= 0.6 is 0 Å². The molecule has 0 radical (unpaired) electrons. The summed E-state index contributed by atoms with van der Waals surface area (Å²) in [5.41, 5.74) is 2.81. The number of methoxy groups -OCH3 is 1. The Hall–Kier alpha value is -4.12. The van der Waals surface area contributed by atoms with Crippen molar-refractivity contribution >= 4 is 35.2 Å². The van der Waals surface area contributed by atoms with Crippen molar-refractivity contribution in [3.8, 4) is 5.75 Å². The first-order valence-corrected chi connectivity index (χ1v) is 13.5. The first-order valence-electron chi connectivity index (χ1n) is 13.5. The molecule has 2 aromatic carbocycles. The Morgan fingerprint density at radius 2 is 1.68 bits per heavy atom. The van der Waals surface area contributed by atoms with Crippen molar-refractivity contribution in [2.75, 3.05) is 57.0 Å². The summed E-state index contributed by atoms with van der Waals surface area (Å²) in [6.07, 6.45) is 0.832. The lowest BCUT2D eigenvalue weighted by Gasteiger charge is -2.37. The van der Waals surface area contributed by atoms with E-state index in [0.717, 1.165) is 12.0 Å². The van der Waals surface area contributed by atoms with E-state index < -0.39 is 18.0 Å². The normalized spacial score (nSPS) is 19.3. The Labute approximate surface area is 234 Å². The molecular weight excluding hydrogens is 514 g/mol. The highest BCUT2D eigenvalue weighted by Crippen LogP contribution is 2.29. The third kappa shape index (κ3) is 6.90. The Bertz CT molecular complexity index is 1260. The number of aliphatic carboxylic acids is 1. The predicted molar refractivity (Wildman–Crippen MR) is 150 cm³/mol. The van der Waals surface area contributed by atoms with Crippen LogP contribution in [0, 0.1) is 12.8 Å². The molecule has 0 spiro atoms. The minimum absolute atomic E-state index is 0.0291. The number of likely N-dealkylation sites (tertiary alicyclic amines) is 1. The molecule has 2 aliphatic heterocycles. The number of anilines is 2. The van der Waals surface area contributed by atoms with E-state index in [2.05, 4.69) is 10.6 Å². The van der Waals surface area contributed by atoms with Gasteiger partial charge in [-0.1, -0.05) is 31.2 Å². The average molecular weight is 552 g/mol. The lowest BCUT2D eigenvalue weighted by molar-refractivity contribution is -0.146. The van der Waals surface area contributed by atoms with E-state index >= 15 is 0 Å². The van der Waals surface area contributed by atoms with Gasteiger partial charge in [0.25, 0.3) is 0 Å². The topological polar surface area (TPSA) is 132 Å². The number of hydrogen-bond donors (Lipinski definition) is 3. The first kappa shape index (κ1) is 28.9. The van der Waals surface area contributed by atoms with Gasteiger partial charge in [0, 0.05) is 38.4 Å². The van der Waals surface area contributed by atoms with Gasteiger partial charge in [-0.2, -0.15) is 0 Å². The predicted octanol–water partition coefficient (Wildman–Crippen LogP) is 2.66. The summed E-state index contributed by atoms with van der Waals surface area (Å²) in [6.45, 7) is 6.24. The van der Waals surface area contributed by atoms with E-state index in [0.29, 0.717) is 55.4 Å². The summed E-state index contributed by atoms with van der Waals surface area (Å²) < 4.78 is 5.49. The molecule has 2 aromatic rings. The third-order valence-corrected chi connectivity index (χ3v) is 7.58. The van der Waals surface area contributed by atoms with Crippen molar-refractivity contribution in [3.05, 3.63) is 53.6 Å². The van der Waals surface area contributed by atoms with Gasteiger partial charge in [-0.3, -0.25) is 19.3 Å². The van der Waals surface area contributed by atoms with Crippen LogP contribution in [-0.4, -0.2) is 96.0 Å². The number of nitrogens with one attached hydrogen (secondary N) is 2. The smallest absolute Gasteiger partial charge is 0.323 e. The maximum atomic E-state index is 13.4. The molecule has 3 N–H and O–H groups in total. The standard InChI is InChI=1S/C29H37N5O6/c1-19-6-4-5-7-22(19)30-29(39)31-23-9-8-21(16-24(23)40-3)17-25(35)34-11-10-20(2)27(34)28(38)33-14-12-32(13-15-33)18-26(36)37/h4-9,16,20,27H,10-15,17-18H2,1-3H3,(H,36,37)(H2,30,31,39)/t20-,27?/m0/s1. The largest absolute Gasteiger partial charge is 0.495 e. The SMILES string of the molecule is COc1cc(CC(=O)N2CC[C@H](C)C2C(=O)N2CCN(CC(=O)O)CC2)ccc1NC(=O)Nc1ccccc1C. The first-order chi connectivity index (χ1) is 19.2. The summed E-state index contributed by atoms with van der Waals surface area (Å²) >= 11 is 0. The van der Waals surface area contributed by atoms with E-state index in [4.69, 9.17) is 9.84 Å². The van der Waals surface area contributed by atoms with E-state index in [9.17, 15) is 19.2 Å². The molecule has 2 heterocycles. The zero-order valence-corrected chi connectivity index (χ0v) is 23.2. The Morgan fingerprint density at radius 1 is 0.975 bits per heavy atom. The van der Waals surface area contributed by atoms with Crippen molar-refractivity contribution in [3.63, 3.8) is 0 Å². The van der Waals surface area contributed by atoms with Crippen molar-refractivity contribution in [2.24, 2.45) is 5.92 Å². The number of hydrogen-bond acceptors (Lipinski definition) is 6. The van der Waals surface area contributed by atoms with Crippen molar-refractivity contribution < 1.29 is 29.0 Å². The molecule has 2 aliphatic rings. The van der Waals surface area contributed by atoms with E-state index in [1.807, 2.05) is 43.0 Å². The zero-order valence-electron chi connectivity index (χ0n) is 23.2. The van der Waals surface area contributed by atoms with Crippen LogP contribution in [0.4, 0.5) is 16.2 Å². The van der Waals surface area contributed by atoms with Gasteiger partial charge >= 0.3 is 12.0 Å². The highest BCUT2D eigenvalue weighted by atomic mass is 16.5. The average Bonchev–Trinajstić information content (AvgIpc) is 3.32. The molecule has 2 saturated heterocycles. The number of aryl methyl sites for hydroxylation is 1. The van der Waals surface area contributed by atoms with Gasteiger partial charge in [0.05, 0.1) is 25.8 Å². The van der Waals surface area contributed by atoms with E-state index in [-0.39, 0.29) is 30.7 Å². The monoisotopic (exact) mass is 551 g/mol. The van der Waals surface area contributed by atoms with Crippen LogP contribution in [0.2, 0.25) is 0 Å². The quantitative estimate of drug-likeness (QED) is 0.460. The Balaban J connectivity index is 1.38. The fourth-order valence-electron chi connectivity index (χ4n) is 5.32. The molecule has 1 unspecified atom stereocenters. The molecule has 40 heavy (non-hydrogen) atoms. The van der Waals surface area contributed by atoms with Gasteiger partial charge < -0.3 is 30.3 Å². The highest BCUT2D eigenvalue weighted by molar-refractivity contribution is 6.01. The molecule has 214 valence electrons. The van der Waals surface area contributed by atoms with Crippen LogP contribution in [0.5, 0.6) is 5.75 Å². The second kappa shape index (κ2) is 12.8. The maximum absolute atomic E-state index is 13.4. The van der Waals surface area contributed by atoms with E-state index in [1.54, 1.807) is 28.0 Å². The van der Waals surface area contributed by atoms with Gasteiger partial charge in [0.2, 0.25) is 11.8 Å². The summed E-state index contributed by atoms with van der Waals surface area (Å²) in [4.78, 5) is 55.6. The van der Waals surface area contributed by atoms with Crippen LogP contribution in [0.1, 0.15) is 24.5 Å². The van der Waals surface area contributed by atoms with Crippen LogP contribution in [0.15, 0.2) is 42.5 Å². The number of carboxylic acids is 1. The number of rotatable bonds is 8. The molecule has 11 heteroatoms. The number of piperazine rings is 1. The van der Waals surface area contributed by atoms with Crippen LogP contribution in [0.25, 0.3) is 0 Å². The molecule has 0 saturated carbocycles. The number of benzene rings is 2. The molecule has 2 fully saturated rings. The summed E-state index contributed by atoms with van der Waals surface area (Å²) in [5.74, 6) is -0.655. The van der Waals surface area contributed by atoms with Gasteiger partial charge in [-0.05, 0) is 48.6 Å². The fourth-order valence-corrected chi connectivity index (χ4v) is 5.32. The third-order valence-electron chi connectivity index (χ3n) is 7.58. The molecule has 2 atom stereocenters. The molecule has 0 aromatic heterocycles. The Kier molecular flexibility index (Phi) is 9.26. The Morgan fingerprint density at radius 3 is 2.35 bits per heavy atom. The fraction of sp³-hybridized carbons (Fsp3) is 0.448. The van der Waals surface area contributed by atoms with Gasteiger partial charge in [-0.15, -0.1) is 0 Å². The minimum atomic E-state index is -0.882. The van der Waals surface area contributed by atoms with Gasteiger partial charge in [-0.25, -0.2) is 4.79 Å². The number of amides is 4. The number of carbonyl (C=O) groups excluding carboxylic acids is 3. The molecular formula is C29H37N5O6. The molecule has 4 rings (SSSR count). The van der Waals surface area contributed by atoms with Crippen LogP contribution in [-0.2, 0) is 20.8 Å². The van der Waals surface area contributed by atoms with Crippen LogP contribution < -0.4 is 15.4 Å². The zero-order chi connectivity index (χ0) is 28.8.